The van der Waals surface area contributed by atoms with Gasteiger partial charge in [-0.3, -0.25) is 9.82 Å². The van der Waals surface area contributed by atoms with E-state index in [0.29, 0.717) is 5.82 Å². The molecular weight excluding hydrogens is 226 g/mol. The predicted molar refractivity (Wildman–Crippen MR) is 64.8 cm³/mol. The molecule has 0 aliphatic heterocycles. The first-order valence-corrected chi connectivity index (χ1v) is 6.92. The quantitative estimate of drug-likeness (QED) is 0.848. The summed E-state index contributed by atoms with van der Waals surface area (Å²) in [6, 6.07) is 1.71. The Balaban J connectivity index is 2.73. The van der Waals surface area contributed by atoms with E-state index in [4.69, 9.17) is 0 Å². The van der Waals surface area contributed by atoms with Gasteiger partial charge < -0.3 is 0 Å². The van der Waals surface area contributed by atoms with E-state index in [1.54, 1.807) is 6.07 Å². The van der Waals surface area contributed by atoms with Gasteiger partial charge >= 0.3 is 0 Å². The fraction of sp³-hybridized carbons (Fsp3) is 0.700. The van der Waals surface area contributed by atoms with Crippen molar-refractivity contribution in [3.63, 3.8) is 0 Å². The molecule has 0 atom stereocenters. The van der Waals surface area contributed by atoms with Crippen LogP contribution in [0, 0.1) is 5.41 Å². The fourth-order valence-electron chi connectivity index (χ4n) is 1.36. The zero-order chi connectivity index (χ0) is 12.4. The van der Waals surface area contributed by atoms with E-state index in [-0.39, 0.29) is 11.2 Å². The third-order valence-electron chi connectivity index (χ3n) is 1.89. The number of hydrogen-bond donors (Lipinski definition) is 2. The summed E-state index contributed by atoms with van der Waals surface area (Å²) in [5.74, 6) is 0.440. The monoisotopic (exact) mass is 245 g/mol. The zero-order valence-corrected chi connectivity index (χ0v) is 11.0. The van der Waals surface area contributed by atoms with E-state index in [0.717, 1.165) is 12.1 Å². The van der Waals surface area contributed by atoms with Gasteiger partial charge in [0.25, 0.3) is 0 Å². The number of nitrogens with zero attached hydrogens (tertiary/aromatic N) is 1. The zero-order valence-electron chi connectivity index (χ0n) is 10.2. The third-order valence-corrected chi connectivity index (χ3v) is 3.66. The minimum absolute atomic E-state index is 0.0777. The number of rotatable bonds is 4. The predicted octanol–water partition coefficient (Wildman–Crippen LogP) is 1.76. The van der Waals surface area contributed by atoms with Gasteiger partial charge in [-0.2, -0.15) is 5.10 Å². The largest absolute Gasteiger partial charge is 0.280 e. The topological polar surface area (TPSA) is 74.8 Å². The smallest absolute Gasteiger partial charge is 0.234 e. The van der Waals surface area contributed by atoms with E-state index in [1.165, 1.54) is 0 Å². The molecule has 0 saturated heterocycles. The molecule has 6 heteroatoms. The minimum Gasteiger partial charge on any atom is -0.280 e. The van der Waals surface area contributed by atoms with Crippen LogP contribution in [-0.2, 0) is 16.4 Å². The molecule has 0 aromatic carbocycles. The van der Waals surface area contributed by atoms with Crippen LogP contribution in [0.5, 0.6) is 0 Å². The van der Waals surface area contributed by atoms with Gasteiger partial charge in [0.05, 0.1) is 5.75 Å². The highest BCUT2D eigenvalue weighted by Crippen LogP contribution is 2.17. The summed E-state index contributed by atoms with van der Waals surface area (Å²) in [6.07, 6.45) is 0.800. The van der Waals surface area contributed by atoms with Gasteiger partial charge in [-0.25, -0.2) is 8.42 Å². The van der Waals surface area contributed by atoms with Crippen molar-refractivity contribution < 1.29 is 8.42 Å². The lowest BCUT2D eigenvalue weighted by molar-refractivity contribution is 0.463. The lowest BCUT2D eigenvalue weighted by Crippen LogP contribution is -2.26. The summed E-state index contributed by atoms with van der Waals surface area (Å²) in [7, 11) is -3.32. The van der Waals surface area contributed by atoms with Crippen LogP contribution in [0.25, 0.3) is 0 Å². The highest BCUT2D eigenvalue weighted by molar-refractivity contribution is 7.92. The Hall–Kier alpha value is -1.04. The van der Waals surface area contributed by atoms with Gasteiger partial charge in [0, 0.05) is 11.8 Å². The summed E-state index contributed by atoms with van der Waals surface area (Å²) in [6.45, 7) is 7.62. The molecule has 0 amide bonds. The lowest BCUT2D eigenvalue weighted by Gasteiger charge is -2.17. The Morgan fingerprint density at radius 2 is 2.06 bits per heavy atom. The van der Waals surface area contributed by atoms with Gasteiger partial charge in [-0.15, -0.1) is 0 Å². The fourth-order valence-corrected chi connectivity index (χ4v) is 3.00. The molecule has 16 heavy (non-hydrogen) atoms. The van der Waals surface area contributed by atoms with Gasteiger partial charge in [-0.1, -0.05) is 27.7 Å². The number of aromatic nitrogens is 2. The van der Waals surface area contributed by atoms with Crippen LogP contribution < -0.4 is 4.72 Å². The van der Waals surface area contributed by atoms with Crippen LogP contribution in [0.15, 0.2) is 6.07 Å². The summed E-state index contributed by atoms with van der Waals surface area (Å²) < 4.78 is 26.0. The van der Waals surface area contributed by atoms with Crippen molar-refractivity contribution in [3.05, 3.63) is 11.8 Å². The molecule has 92 valence electrons. The molecule has 0 radical (unpaired) electrons. The maximum atomic E-state index is 11.7. The Bertz CT molecular complexity index is 443. The Morgan fingerprint density at radius 1 is 1.44 bits per heavy atom. The van der Waals surface area contributed by atoms with Gasteiger partial charge in [0.1, 0.15) is 0 Å². The van der Waals surface area contributed by atoms with Crippen LogP contribution in [0.2, 0.25) is 0 Å². The number of anilines is 1. The first-order chi connectivity index (χ1) is 7.22. The molecule has 0 fully saturated rings. The first kappa shape index (κ1) is 13.0. The standard InChI is InChI=1S/C10H19N3O2S/c1-5-8-6-9(12-11-8)13-16(14,15)7-10(2,3)4/h6H,5,7H2,1-4H3,(H2,11,12,13). The number of aryl methyl sites for hydroxylation is 1. The molecule has 1 aromatic rings. The summed E-state index contributed by atoms with van der Waals surface area (Å²) in [4.78, 5) is 0. The number of hydrogen-bond acceptors (Lipinski definition) is 3. The van der Waals surface area contributed by atoms with E-state index in [1.807, 2.05) is 27.7 Å². The second kappa shape index (κ2) is 4.45. The number of sulfonamides is 1. The maximum Gasteiger partial charge on any atom is 0.234 e. The number of aromatic amines is 1. The number of nitrogens with one attached hydrogen (secondary N) is 2. The summed E-state index contributed by atoms with van der Waals surface area (Å²) >= 11 is 0. The molecular formula is C10H19N3O2S. The normalized spacial score (nSPS) is 12.8. The minimum atomic E-state index is -3.32. The van der Waals surface area contributed by atoms with Gasteiger partial charge in [-0.05, 0) is 11.8 Å². The van der Waals surface area contributed by atoms with Crippen LogP contribution in [0.1, 0.15) is 33.4 Å². The van der Waals surface area contributed by atoms with Crippen LogP contribution in [-0.4, -0.2) is 24.4 Å². The molecule has 1 aromatic heterocycles. The molecule has 1 rings (SSSR count). The van der Waals surface area contributed by atoms with E-state index >= 15 is 0 Å². The van der Waals surface area contributed by atoms with E-state index in [9.17, 15) is 8.42 Å². The van der Waals surface area contributed by atoms with E-state index in [2.05, 4.69) is 14.9 Å². The average molecular weight is 245 g/mol. The molecule has 0 aliphatic rings. The van der Waals surface area contributed by atoms with Crippen LogP contribution in [0.4, 0.5) is 5.82 Å². The second-order valence-electron chi connectivity index (χ2n) is 5.05. The highest BCUT2D eigenvalue weighted by atomic mass is 32.2. The van der Waals surface area contributed by atoms with Crippen molar-refractivity contribution >= 4 is 15.8 Å². The van der Waals surface area contributed by atoms with Gasteiger partial charge in [0.15, 0.2) is 5.82 Å². The highest BCUT2D eigenvalue weighted by Gasteiger charge is 2.22. The number of H-pyrrole nitrogens is 1. The Labute approximate surface area is 96.7 Å². The summed E-state index contributed by atoms with van der Waals surface area (Å²) in [5, 5.41) is 6.65. The third kappa shape index (κ3) is 4.22. The van der Waals surface area contributed by atoms with Crippen molar-refractivity contribution in [2.45, 2.75) is 34.1 Å². The second-order valence-corrected chi connectivity index (χ2v) is 6.78. The Kier molecular flexibility index (Phi) is 3.62. The van der Waals surface area contributed by atoms with Crippen LogP contribution in [0.3, 0.4) is 0 Å². The lowest BCUT2D eigenvalue weighted by atomic mass is 10.0. The van der Waals surface area contributed by atoms with Gasteiger partial charge in [0.2, 0.25) is 10.0 Å². The molecule has 0 spiro atoms. The van der Waals surface area contributed by atoms with Crippen molar-refractivity contribution in [1.82, 2.24) is 10.2 Å². The SMILES string of the molecule is CCc1cc(NS(=O)(=O)CC(C)(C)C)n[nH]1. The van der Waals surface area contributed by atoms with Crippen LogP contribution >= 0.6 is 0 Å². The molecule has 0 aliphatic carbocycles. The molecule has 1 heterocycles. The Morgan fingerprint density at radius 3 is 2.50 bits per heavy atom. The van der Waals surface area contributed by atoms with Crippen molar-refractivity contribution in [2.24, 2.45) is 5.41 Å². The molecule has 0 unspecified atom stereocenters. The summed E-state index contributed by atoms with van der Waals surface area (Å²) in [5.41, 5.74) is 0.642. The molecule has 0 bridgehead atoms. The van der Waals surface area contributed by atoms with Crippen molar-refractivity contribution in [3.8, 4) is 0 Å². The van der Waals surface area contributed by atoms with Crippen molar-refractivity contribution in [1.29, 1.82) is 0 Å². The van der Waals surface area contributed by atoms with Crippen molar-refractivity contribution in [2.75, 3.05) is 10.5 Å². The molecule has 0 saturated carbocycles. The first-order valence-electron chi connectivity index (χ1n) is 5.26. The molecule has 5 nitrogen and oxygen atoms in total. The average Bonchev–Trinajstić information content (AvgIpc) is 2.46. The van der Waals surface area contributed by atoms with E-state index < -0.39 is 10.0 Å². The maximum absolute atomic E-state index is 11.7. The molecule has 2 N–H and O–H groups in total.